The van der Waals surface area contributed by atoms with E-state index in [2.05, 4.69) is 0 Å². The van der Waals surface area contributed by atoms with E-state index in [0.29, 0.717) is 5.75 Å². The zero-order valence-electron chi connectivity index (χ0n) is 11.3. The molecule has 4 nitrogen and oxygen atoms in total. The number of alkyl halides is 3. The minimum Gasteiger partial charge on any atom is -0.497 e. The molecule has 0 radical (unpaired) electrons. The summed E-state index contributed by atoms with van der Waals surface area (Å²) in [6, 6.07) is 3.24. The molecule has 1 amide bonds. The Kier molecular flexibility index (Phi) is 5.38. The number of rotatable bonds is 5. The maximum absolute atomic E-state index is 13.0. The molecule has 7 heteroatoms. The summed E-state index contributed by atoms with van der Waals surface area (Å²) in [6.07, 6.45) is -5.56. The van der Waals surface area contributed by atoms with Crippen molar-refractivity contribution in [2.24, 2.45) is 0 Å². The lowest BCUT2D eigenvalue weighted by molar-refractivity contribution is -0.166. The summed E-state index contributed by atoms with van der Waals surface area (Å²) in [4.78, 5) is 11.6. The minimum atomic E-state index is -4.60. The van der Waals surface area contributed by atoms with E-state index in [4.69, 9.17) is 9.47 Å². The standard InChI is InChI=1S/C13H16F3NO3/c1-8(19-2)12(18)17-11(13(14,15)16)9-4-6-10(20-3)7-5-9/h4-8,11H,1-3H3,(H,17,18). The van der Waals surface area contributed by atoms with Crippen molar-refractivity contribution in [2.45, 2.75) is 25.2 Å². The van der Waals surface area contributed by atoms with Crippen LogP contribution >= 0.6 is 0 Å². The van der Waals surface area contributed by atoms with Gasteiger partial charge in [-0.15, -0.1) is 0 Å². The number of carbonyl (C=O) groups excluding carboxylic acids is 1. The average molecular weight is 291 g/mol. The van der Waals surface area contributed by atoms with Crippen LogP contribution in [0.5, 0.6) is 5.75 Å². The van der Waals surface area contributed by atoms with Gasteiger partial charge in [-0.2, -0.15) is 13.2 Å². The average Bonchev–Trinajstić information content (AvgIpc) is 2.42. The monoisotopic (exact) mass is 291 g/mol. The van der Waals surface area contributed by atoms with E-state index in [9.17, 15) is 18.0 Å². The molecule has 1 aromatic rings. The van der Waals surface area contributed by atoms with E-state index < -0.39 is 24.2 Å². The van der Waals surface area contributed by atoms with Gasteiger partial charge < -0.3 is 14.8 Å². The lowest BCUT2D eigenvalue weighted by Crippen LogP contribution is -2.42. The number of carbonyl (C=O) groups is 1. The van der Waals surface area contributed by atoms with E-state index in [1.54, 1.807) is 0 Å². The summed E-state index contributed by atoms with van der Waals surface area (Å²) < 4.78 is 48.7. The van der Waals surface area contributed by atoms with Crippen molar-refractivity contribution in [3.63, 3.8) is 0 Å². The second-order valence-electron chi connectivity index (χ2n) is 4.13. The Morgan fingerprint density at radius 3 is 2.15 bits per heavy atom. The molecule has 1 aromatic carbocycles. The molecular weight excluding hydrogens is 275 g/mol. The van der Waals surface area contributed by atoms with Gasteiger partial charge in [-0.25, -0.2) is 0 Å². The molecule has 2 unspecified atom stereocenters. The molecule has 1 rings (SSSR count). The summed E-state index contributed by atoms with van der Waals surface area (Å²) in [5.41, 5.74) is -0.0741. The van der Waals surface area contributed by atoms with E-state index in [1.807, 2.05) is 5.32 Å². The maximum Gasteiger partial charge on any atom is 0.412 e. The molecule has 0 fully saturated rings. The lowest BCUT2D eigenvalue weighted by Gasteiger charge is -2.23. The highest BCUT2D eigenvalue weighted by atomic mass is 19.4. The first-order chi connectivity index (χ1) is 9.29. The highest BCUT2D eigenvalue weighted by Gasteiger charge is 2.42. The van der Waals surface area contributed by atoms with E-state index in [0.717, 1.165) is 0 Å². The maximum atomic E-state index is 13.0. The van der Waals surface area contributed by atoms with Gasteiger partial charge in [0.05, 0.1) is 7.11 Å². The van der Waals surface area contributed by atoms with Crippen LogP contribution in [0, 0.1) is 0 Å². The number of ether oxygens (including phenoxy) is 2. The molecule has 0 spiro atoms. The Balaban J connectivity index is 2.97. The lowest BCUT2D eigenvalue weighted by atomic mass is 10.1. The molecule has 0 bridgehead atoms. The second-order valence-corrected chi connectivity index (χ2v) is 4.13. The van der Waals surface area contributed by atoms with Gasteiger partial charge in [0.2, 0.25) is 5.91 Å². The van der Waals surface area contributed by atoms with Gasteiger partial charge >= 0.3 is 6.18 Å². The predicted molar refractivity (Wildman–Crippen MR) is 66.4 cm³/mol. The van der Waals surface area contributed by atoms with E-state index >= 15 is 0 Å². The molecule has 0 saturated heterocycles. The number of hydrogen-bond donors (Lipinski definition) is 1. The van der Waals surface area contributed by atoms with Crippen molar-refractivity contribution in [1.82, 2.24) is 5.32 Å². The number of halogens is 3. The predicted octanol–water partition coefficient (Wildman–Crippen LogP) is 2.45. The first-order valence-electron chi connectivity index (χ1n) is 5.83. The van der Waals surface area contributed by atoms with Crippen LogP contribution < -0.4 is 10.1 Å². The molecule has 0 aliphatic rings. The molecule has 2 atom stereocenters. The van der Waals surface area contributed by atoms with Crippen LogP contribution in [0.25, 0.3) is 0 Å². The highest BCUT2D eigenvalue weighted by Crippen LogP contribution is 2.33. The molecule has 112 valence electrons. The van der Waals surface area contributed by atoms with Crippen LogP contribution in [0.4, 0.5) is 13.2 Å². The smallest absolute Gasteiger partial charge is 0.412 e. The van der Waals surface area contributed by atoms with Crippen LogP contribution in [-0.2, 0) is 9.53 Å². The fourth-order valence-electron chi connectivity index (χ4n) is 1.52. The first kappa shape index (κ1) is 16.3. The van der Waals surface area contributed by atoms with Gasteiger partial charge in [0, 0.05) is 7.11 Å². The second kappa shape index (κ2) is 6.60. The minimum absolute atomic E-state index is 0.0741. The zero-order valence-corrected chi connectivity index (χ0v) is 11.3. The Labute approximate surface area is 114 Å². The summed E-state index contributed by atoms with van der Waals surface area (Å²) in [5, 5.41) is 1.93. The molecule has 0 aliphatic heterocycles. The van der Waals surface area contributed by atoms with Crippen LogP contribution in [0.3, 0.4) is 0 Å². The summed E-state index contributed by atoms with van der Waals surface area (Å²) >= 11 is 0. The topological polar surface area (TPSA) is 47.6 Å². The van der Waals surface area contributed by atoms with Gasteiger partial charge in [0.25, 0.3) is 0 Å². The van der Waals surface area contributed by atoms with Crippen molar-refractivity contribution < 1.29 is 27.4 Å². The molecule has 1 N–H and O–H groups in total. The molecule has 20 heavy (non-hydrogen) atoms. The normalized spacial score (nSPS) is 14.5. The van der Waals surface area contributed by atoms with Crippen molar-refractivity contribution in [2.75, 3.05) is 14.2 Å². The summed E-state index contributed by atoms with van der Waals surface area (Å²) in [7, 11) is 2.67. The fraction of sp³-hybridized carbons (Fsp3) is 0.462. The van der Waals surface area contributed by atoms with Gasteiger partial charge in [0.15, 0.2) is 6.04 Å². The summed E-state index contributed by atoms with van der Waals surface area (Å²) in [6.45, 7) is 1.37. The van der Waals surface area contributed by atoms with Crippen molar-refractivity contribution in [3.05, 3.63) is 29.8 Å². The Bertz CT molecular complexity index is 445. The molecule has 0 aliphatic carbocycles. The third kappa shape index (κ3) is 4.12. The number of nitrogens with one attached hydrogen (secondary N) is 1. The molecule has 0 aromatic heterocycles. The van der Waals surface area contributed by atoms with E-state index in [-0.39, 0.29) is 5.56 Å². The van der Waals surface area contributed by atoms with Crippen LogP contribution in [0.15, 0.2) is 24.3 Å². The Hall–Kier alpha value is -1.76. The number of amides is 1. The van der Waals surface area contributed by atoms with Gasteiger partial charge in [0.1, 0.15) is 11.9 Å². The van der Waals surface area contributed by atoms with Gasteiger partial charge in [-0.05, 0) is 24.6 Å². The first-order valence-corrected chi connectivity index (χ1v) is 5.83. The van der Waals surface area contributed by atoms with Crippen molar-refractivity contribution >= 4 is 5.91 Å². The van der Waals surface area contributed by atoms with Gasteiger partial charge in [-0.3, -0.25) is 4.79 Å². The Morgan fingerprint density at radius 2 is 1.75 bits per heavy atom. The number of benzene rings is 1. The highest BCUT2D eigenvalue weighted by molar-refractivity contribution is 5.80. The third-order valence-corrected chi connectivity index (χ3v) is 2.79. The summed E-state index contributed by atoms with van der Waals surface area (Å²) in [5.74, 6) is -0.392. The van der Waals surface area contributed by atoms with Crippen LogP contribution in [0.2, 0.25) is 0 Å². The van der Waals surface area contributed by atoms with Crippen LogP contribution in [0.1, 0.15) is 18.5 Å². The van der Waals surface area contributed by atoms with Gasteiger partial charge in [-0.1, -0.05) is 12.1 Å². The number of hydrogen-bond acceptors (Lipinski definition) is 3. The Morgan fingerprint density at radius 1 is 1.20 bits per heavy atom. The van der Waals surface area contributed by atoms with E-state index in [1.165, 1.54) is 45.4 Å². The largest absolute Gasteiger partial charge is 0.497 e. The molecule has 0 saturated carbocycles. The van der Waals surface area contributed by atoms with Crippen LogP contribution in [-0.4, -0.2) is 32.4 Å². The SMILES string of the molecule is COc1ccc(C(NC(=O)C(C)OC)C(F)(F)F)cc1. The van der Waals surface area contributed by atoms with Crippen molar-refractivity contribution in [3.8, 4) is 5.75 Å². The molecule has 0 heterocycles. The zero-order chi connectivity index (χ0) is 15.3. The molecular formula is C13H16F3NO3. The quantitative estimate of drug-likeness (QED) is 0.906. The number of methoxy groups -OCH3 is 2. The fourth-order valence-corrected chi connectivity index (χ4v) is 1.52. The third-order valence-electron chi connectivity index (χ3n) is 2.79. The van der Waals surface area contributed by atoms with Crippen molar-refractivity contribution in [1.29, 1.82) is 0 Å².